The van der Waals surface area contributed by atoms with Crippen molar-refractivity contribution in [2.24, 2.45) is 35.3 Å². The molecule has 0 aliphatic carbocycles. The first-order chi connectivity index (χ1) is 18.1. The van der Waals surface area contributed by atoms with Gasteiger partial charge in [-0.25, -0.2) is 4.79 Å². The quantitative estimate of drug-likeness (QED) is 0.234. The van der Waals surface area contributed by atoms with Crippen LogP contribution in [0.4, 0.5) is 4.79 Å². The summed E-state index contributed by atoms with van der Waals surface area (Å²) in [4.78, 5) is 49.4. The summed E-state index contributed by atoms with van der Waals surface area (Å²) in [6, 6.07) is 3.10. The van der Waals surface area contributed by atoms with Crippen LogP contribution in [-0.2, 0) is 23.9 Å². The van der Waals surface area contributed by atoms with Gasteiger partial charge < -0.3 is 29.8 Å². The van der Waals surface area contributed by atoms with E-state index >= 15 is 0 Å². The maximum atomic E-state index is 12.8. The van der Waals surface area contributed by atoms with E-state index < -0.39 is 53.8 Å². The average molecular weight is 552 g/mol. The maximum absolute atomic E-state index is 12.8. The van der Waals surface area contributed by atoms with Crippen molar-refractivity contribution in [3.63, 3.8) is 0 Å². The predicted molar refractivity (Wildman–Crippen MR) is 145 cm³/mol. The van der Waals surface area contributed by atoms with Crippen molar-refractivity contribution < 1.29 is 43.2 Å². The van der Waals surface area contributed by atoms with Gasteiger partial charge in [0, 0.05) is 5.92 Å². The van der Waals surface area contributed by atoms with E-state index in [9.17, 15) is 24.3 Å². The summed E-state index contributed by atoms with van der Waals surface area (Å²) < 4.78 is 21.6. The molecule has 10 nitrogen and oxygen atoms in total. The van der Waals surface area contributed by atoms with Gasteiger partial charge in [-0.1, -0.05) is 61.5 Å². The lowest BCUT2D eigenvalue weighted by atomic mass is 9.82. The molecule has 1 aromatic rings. The number of ether oxygens (including phenoxy) is 4. The molecule has 0 bridgehead atoms. The first-order valence-electron chi connectivity index (χ1n) is 13.5. The van der Waals surface area contributed by atoms with E-state index in [1.165, 1.54) is 12.1 Å². The van der Waals surface area contributed by atoms with E-state index in [-0.39, 0.29) is 36.0 Å². The topological polar surface area (TPSA) is 151 Å². The van der Waals surface area contributed by atoms with E-state index in [1.54, 1.807) is 33.8 Å². The van der Waals surface area contributed by atoms with E-state index in [0.29, 0.717) is 12.0 Å². The number of nitrogens with two attached hydrogens (primary N) is 1. The van der Waals surface area contributed by atoms with Gasteiger partial charge in [0.1, 0.15) is 12.1 Å². The van der Waals surface area contributed by atoms with Gasteiger partial charge in [-0.15, -0.1) is 0 Å². The summed E-state index contributed by atoms with van der Waals surface area (Å²) in [5.74, 6) is -4.54. The molecule has 0 saturated heterocycles. The summed E-state index contributed by atoms with van der Waals surface area (Å²) in [7, 11) is 0. The standard InChI is InChI=1S/C29H45NO9/c1-10-18(7)37-29(35)36-14-17(6)24(25(30)26(31)32)21-11-12-22(38-27(33)19(8)15(2)3)23(13-21)39-28(34)20(9)16(4)5/h11-13,15-20,24-25H,10,14,30H2,1-9H3,(H,31,32)/t17?,18?,19?,20?,24?,25-/m0/s1. The van der Waals surface area contributed by atoms with E-state index in [4.69, 9.17) is 24.7 Å². The number of esters is 2. The molecule has 0 amide bonds. The number of benzene rings is 1. The molecular weight excluding hydrogens is 506 g/mol. The lowest BCUT2D eigenvalue weighted by molar-refractivity contribution is -0.142. The normalized spacial score (nSPS) is 16.0. The zero-order valence-electron chi connectivity index (χ0n) is 24.6. The molecule has 1 rings (SSSR count). The number of hydrogen-bond acceptors (Lipinski definition) is 9. The Morgan fingerprint density at radius 2 is 1.36 bits per heavy atom. The Labute approximate surface area is 231 Å². The van der Waals surface area contributed by atoms with Crippen LogP contribution in [0, 0.1) is 29.6 Å². The second kappa shape index (κ2) is 15.5. The molecule has 0 aliphatic rings. The van der Waals surface area contributed by atoms with Crippen LogP contribution in [0.3, 0.4) is 0 Å². The third-order valence-corrected chi connectivity index (χ3v) is 7.14. The minimum Gasteiger partial charge on any atom is -0.480 e. The summed E-state index contributed by atoms with van der Waals surface area (Å²) in [6.45, 7) is 16.1. The zero-order chi connectivity index (χ0) is 30.0. The molecule has 0 aromatic heterocycles. The van der Waals surface area contributed by atoms with Crippen LogP contribution in [0.15, 0.2) is 18.2 Å². The van der Waals surface area contributed by atoms with Crippen molar-refractivity contribution >= 4 is 24.1 Å². The molecule has 3 N–H and O–H groups in total. The van der Waals surface area contributed by atoms with Gasteiger partial charge in [0.05, 0.1) is 18.4 Å². The molecule has 10 heteroatoms. The monoisotopic (exact) mass is 551 g/mol. The minimum atomic E-state index is -1.37. The highest BCUT2D eigenvalue weighted by molar-refractivity contribution is 5.79. The smallest absolute Gasteiger partial charge is 0.480 e. The van der Waals surface area contributed by atoms with Gasteiger partial charge in [0.15, 0.2) is 11.5 Å². The van der Waals surface area contributed by atoms with E-state index in [1.807, 2.05) is 34.6 Å². The fourth-order valence-corrected chi connectivity index (χ4v) is 3.47. The molecule has 6 atom stereocenters. The van der Waals surface area contributed by atoms with Crippen molar-refractivity contribution in [2.75, 3.05) is 6.61 Å². The van der Waals surface area contributed by atoms with Gasteiger partial charge in [-0.05, 0) is 48.8 Å². The lowest BCUT2D eigenvalue weighted by Gasteiger charge is -2.28. The highest BCUT2D eigenvalue weighted by Crippen LogP contribution is 2.37. The molecule has 220 valence electrons. The number of carboxylic acids is 1. The summed E-state index contributed by atoms with van der Waals surface area (Å²) >= 11 is 0. The minimum absolute atomic E-state index is 0.00631. The summed E-state index contributed by atoms with van der Waals surface area (Å²) in [5, 5.41) is 9.71. The Morgan fingerprint density at radius 3 is 1.82 bits per heavy atom. The van der Waals surface area contributed by atoms with Crippen LogP contribution >= 0.6 is 0 Å². The molecule has 0 spiro atoms. The molecule has 39 heavy (non-hydrogen) atoms. The Balaban J connectivity index is 3.43. The second-order valence-corrected chi connectivity index (χ2v) is 10.9. The number of carbonyl (C=O) groups excluding carboxylic acids is 3. The predicted octanol–water partition coefficient (Wildman–Crippen LogP) is 5.16. The van der Waals surface area contributed by atoms with Crippen LogP contribution in [0.1, 0.15) is 80.2 Å². The third kappa shape index (κ3) is 10.2. The molecule has 5 unspecified atom stereocenters. The van der Waals surface area contributed by atoms with Crippen LogP contribution in [0.25, 0.3) is 0 Å². The second-order valence-electron chi connectivity index (χ2n) is 10.9. The number of rotatable bonds is 14. The summed E-state index contributed by atoms with van der Waals surface area (Å²) in [5.41, 5.74) is 6.48. The highest BCUT2D eigenvalue weighted by atomic mass is 16.7. The molecular formula is C29H45NO9. The number of carboxylic acid groups (broad SMARTS) is 1. The molecule has 0 aliphatic heterocycles. The van der Waals surface area contributed by atoms with E-state index in [2.05, 4.69) is 0 Å². The largest absolute Gasteiger partial charge is 0.508 e. The molecule has 0 heterocycles. The third-order valence-electron chi connectivity index (χ3n) is 7.14. The molecule has 0 radical (unpaired) electrons. The van der Waals surface area contributed by atoms with Gasteiger partial charge in [-0.3, -0.25) is 14.4 Å². The van der Waals surface area contributed by atoms with Crippen LogP contribution in [-0.4, -0.2) is 47.9 Å². The first kappa shape index (κ1) is 33.9. The van der Waals surface area contributed by atoms with Crippen LogP contribution < -0.4 is 15.2 Å². The fraction of sp³-hybridized carbons (Fsp3) is 0.655. The van der Waals surface area contributed by atoms with Crippen LogP contribution in [0.5, 0.6) is 11.5 Å². The van der Waals surface area contributed by atoms with Crippen molar-refractivity contribution in [1.82, 2.24) is 0 Å². The highest BCUT2D eigenvalue weighted by Gasteiger charge is 2.33. The van der Waals surface area contributed by atoms with Crippen LogP contribution in [0.2, 0.25) is 0 Å². The Morgan fingerprint density at radius 1 is 0.846 bits per heavy atom. The first-order valence-corrected chi connectivity index (χ1v) is 13.5. The lowest BCUT2D eigenvalue weighted by Crippen LogP contribution is -2.40. The molecule has 0 fully saturated rings. The Bertz CT molecular complexity index is 991. The Kier molecular flexibility index (Phi) is 13.4. The number of carbonyl (C=O) groups is 4. The van der Waals surface area contributed by atoms with Crippen molar-refractivity contribution in [1.29, 1.82) is 0 Å². The van der Waals surface area contributed by atoms with Gasteiger partial charge >= 0.3 is 24.1 Å². The maximum Gasteiger partial charge on any atom is 0.508 e. The number of hydrogen-bond donors (Lipinski definition) is 2. The SMILES string of the molecule is CCC(C)OC(=O)OCC(C)C(c1ccc(OC(=O)C(C)C(C)C)c(OC(=O)C(C)C(C)C)c1)[C@H](N)C(=O)O. The van der Waals surface area contributed by atoms with Gasteiger partial charge in [0.25, 0.3) is 0 Å². The van der Waals surface area contributed by atoms with Crippen molar-refractivity contribution in [2.45, 2.75) is 86.8 Å². The van der Waals surface area contributed by atoms with Gasteiger partial charge in [0.2, 0.25) is 0 Å². The fourth-order valence-electron chi connectivity index (χ4n) is 3.47. The summed E-state index contributed by atoms with van der Waals surface area (Å²) in [6.07, 6.45) is -0.581. The van der Waals surface area contributed by atoms with Gasteiger partial charge in [-0.2, -0.15) is 0 Å². The van der Waals surface area contributed by atoms with E-state index in [0.717, 1.165) is 0 Å². The average Bonchev–Trinajstić information content (AvgIpc) is 2.87. The Hall–Kier alpha value is -3.14. The van der Waals surface area contributed by atoms with Crippen molar-refractivity contribution in [3.8, 4) is 11.5 Å². The zero-order valence-corrected chi connectivity index (χ0v) is 24.6. The molecule has 0 saturated carbocycles. The van der Waals surface area contributed by atoms with Crippen molar-refractivity contribution in [3.05, 3.63) is 23.8 Å². The molecule has 1 aromatic carbocycles. The number of aliphatic carboxylic acids is 1.